The Morgan fingerprint density at radius 1 is 1.21 bits per heavy atom. The highest BCUT2D eigenvalue weighted by Crippen LogP contribution is 2.33. The van der Waals surface area contributed by atoms with E-state index in [1.807, 2.05) is 13.0 Å². The molecule has 0 spiro atoms. The van der Waals surface area contributed by atoms with Gasteiger partial charge < -0.3 is 9.47 Å². The summed E-state index contributed by atoms with van der Waals surface area (Å²) in [5.41, 5.74) is 2.16. The van der Waals surface area contributed by atoms with Crippen LogP contribution in [0.5, 0.6) is 5.88 Å². The number of hydrogen-bond donors (Lipinski definition) is 0. The third kappa shape index (κ3) is 5.99. The molecule has 0 radical (unpaired) electrons. The zero-order valence-electron chi connectivity index (χ0n) is 16.7. The molecule has 0 bridgehead atoms. The lowest BCUT2D eigenvalue weighted by atomic mass is 10.1. The topological polar surface area (TPSA) is 48.4 Å². The summed E-state index contributed by atoms with van der Waals surface area (Å²) in [4.78, 5) is 17.2. The van der Waals surface area contributed by atoms with Crippen molar-refractivity contribution in [2.45, 2.75) is 68.6 Å². The number of carbonyl (C=O) groups excluding carboxylic acids is 1. The molecule has 0 saturated heterocycles. The fraction of sp³-hybridized carbons (Fsp3) is 0.478. The highest BCUT2D eigenvalue weighted by molar-refractivity contribution is 7.99. The van der Waals surface area contributed by atoms with E-state index in [1.54, 1.807) is 18.0 Å². The van der Waals surface area contributed by atoms with E-state index in [9.17, 15) is 4.79 Å². The Hall–Kier alpha value is -2.01. The number of carbonyl (C=O) groups is 1. The van der Waals surface area contributed by atoms with Crippen LogP contribution >= 0.6 is 11.8 Å². The highest BCUT2D eigenvalue weighted by Gasteiger charge is 2.19. The van der Waals surface area contributed by atoms with Crippen molar-refractivity contribution in [2.75, 3.05) is 6.61 Å². The second-order valence-corrected chi connectivity index (χ2v) is 8.69. The Balaban J connectivity index is 1.60. The molecule has 2 aromatic rings. The van der Waals surface area contributed by atoms with Gasteiger partial charge in [0.05, 0.1) is 6.61 Å². The van der Waals surface area contributed by atoms with Crippen LogP contribution in [0.15, 0.2) is 47.5 Å². The van der Waals surface area contributed by atoms with Crippen molar-refractivity contribution in [3.63, 3.8) is 0 Å². The summed E-state index contributed by atoms with van der Waals surface area (Å²) >= 11 is 1.78. The predicted octanol–water partition coefficient (Wildman–Crippen LogP) is 5.89. The Kier molecular flexibility index (Phi) is 7.78. The second kappa shape index (κ2) is 10.5. The van der Waals surface area contributed by atoms with Gasteiger partial charge in [-0.1, -0.05) is 19.1 Å². The van der Waals surface area contributed by atoms with E-state index in [0.29, 0.717) is 24.4 Å². The largest absolute Gasteiger partial charge is 0.474 e. The van der Waals surface area contributed by atoms with Crippen LogP contribution in [0.2, 0.25) is 0 Å². The number of aromatic nitrogens is 1. The maximum absolute atomic E-state index is 11.5. The quantitative estimate of drug-likeness (QED) is 0.388. The second-order valence-electron chi connectivity index (χ2n) is 7.18. The molecule has 0 aliphatic heterocycles. The molecule has 0 amide bonds. The van der Waals surface area contributed by atoms with Crippen molar-refractivity contribution in [1.29, 1.82) is 0 Å². The summed E-state index contributed by atoms with van der Waals surface area (Å²) in [5, 5.41) is 0.356. The molecular formula is C23H29NO3S. The number of hydrogen-bond acceptors (Lipinski definition) is 5. The molecule has 1 unspecified atom stereocenters. The highest BCUT2D eigenvalue weighted by atomic mass is 32.2. The number of benzene rings is 1. The maximum Gasteiger partial charge on any atom is 0.305 e. The lowest BCUT2D eigenvalue weighted by Crippen LogP contribution is -2.12. The molecule has 3 rings (SSSR count). The van der Waals surface area contributed by atoms with Crippen LogP contribution in [-0.4, -0.2) is 28.9 Å². The van der Waals surface area contributed by atoms with E-state index in [0.717, 1.165) is 36.3 Å². The standard InChI is InChI=1S/C23H29NO3S/c1-3-26-22(25)15-10-17(2)28-20-13-11-18(12-14-20)21-9-6-16-24-23(21)27-19-7-4-5-8-19/h6,9,11-14,16-17,19H,3-5,7-8,10,15H2,1-2H3. The van der Waals surface area contributed by atoms with Gasteiger partial charge in [-0.25, -0.2) is 4.98 Å². The van der Waals surface area contributed by atoms with Crippen molar-refractivity contribution in [1.82, 2.24) is 4.98 Å². The van der Waals surface area contributed by atoms with Gasteiger partial charge >= 0.3 is 5.97 Å². The third-order valence-corrected chi connectivity index (χ3v) is 6.10. The Morgan fingerprint density at radius 3 is 2.68 bits per heavy atom. The first kappa shape index (κ1) is 20.7. The van der Waals surface area contributed by atoms with Crippen LogP contribution in [0.4, 0.5) is 0 Å². The van der Waals surface area contributed by atoms with Crippen molar-refractivity contribution >= 4 is 17.7 Å². The minimum Gasteiger partial charge on any atom is -0.474 e. The van der Waals surface area contributed by atoms with Crippen LogP contribution in [0.1, 0.15) is 52.4 Å². The fourth-order valence-electron chi connectivity index (χ4n) is 3.43. The summed E-state index contributed by atoms with van der Waals surface area (Å²) in [7, 11) is 0. The van der Waals surface area contributed by atoms with Gasteiger partial charge in [0.1, 0.15) is 6.10 Å². The van der Waals surface area contributed by atoms with Gasteiger partial charge in [0.25, 0.3) is 0 Å². The number of thioether (sulfide) groups is 1. The van der Waals surface area contributed by atoms with Gasteiger partial charge in [0.2, 0.25) is 5.88 Å². The maximum atomic E-state index is 11.5. The molecule has 0 N–H and O–H groups in total. The monoisotopic (exact) mass is 399 g/mol. The Bertz CT molecular complexity index is 757. The van der Waals surface area contributed by atoms with Crippen LogP contribution in [0.3, 0.4) is 0 Å². The van der Waals surface area contributed by atoms with Gasteiger partial charge in [-0.2, -0.15) is 0 Å². The van der Waals surface area contributed by atoms with Crippen molar-refractivity contribution in [3.05, 3.63) is 42.6 Å². The average molecular weight is 400 g/mol. The van der Waals surface area contributed by atoms with Crippen molar-refractivity contribution in [2.24, 2.45) is 0 Å². The van der Waals surface area contributed by atoms with Gasteiger partial charge in [-0.3, -0.25) is 4.79 Å². The van der Waals surface area contributed by atoms with Crippen LogP contribution in [0.25, 0.3) is 11.1 Å². The normalized spacial score (nSPS) is 15.4. The van der Waals surface area contributed by atoms with Crippen LogP contribution in [0, 0.1) is 0 Å². The lowest BCUT2D eigenvalue weighted by molar-refractivity contribution is -0.143. The number of esters is 1. The zero-order chi connectivity index (χ0) is 19.8. The molecule has 1 heterocycles. The molecule has 4 nitrogen and oxygen atoms in total. The third-order valence-electron chi connectivity index (χ3n) is 4.91. The molecule has 1 aliphatic rings. The van der Waals surface area contributed by atoms with Gasteiger partial charge in [-0.05, 0) is 68.9 Å². The molecule has 150 valence electrons. The number of pyridine rings is 1. The number of nitrogens with zero attached hydrogens (tertiary/aromatic N) is 1. The first-order valence-corrected chi connectivity index (χ1v) is 11.1. The summed E-state index contributed by atoms with van der Waals surface area (Å²) in [6.45, 7) is 4.43. The Labute approximate surface area is 172 Å². The van der Waals surface area contributed by atoms with E-state index < -0.39 is 0 Å². The summed E-state index contributed by atoms with van der Waals surface area (Å²) in [6, 6.07) is 12.5. The van der Waals surface area contributed by atoms with E-state index in [1.165, 1.54) is 17.7 Å². The number of rotatable bonds is 9. The average Bonchev–Trinajstić information content (AvgIpc) is 3.21. The predicted molar refractivity (Wildman–Crippen MR) is 114 cm³/mol. The molecule has 1 aromatic heterocycles. The lowest BCUT2D eigenvalue weighted by Gasteiger charge is -2.16. The summed E-state index contributed by atoms with van der Waals surface area (Å²) in [6.07, 6.45) is 8.10. The summed E-state index contributed by atoms with van der Waals surface area (Å²) in [5.74, 6) is 0.620. The zero-order valence-corrected chi connectivity index (χ0v) is 17.5. The smallest absolute Gasteiger partial charge is 0.305 e. The summed E-state index contributed by atoms with van der Waals surface area (Å²) < 4.78 is 11.2. The van der Waals surface area contributed by atoms with Gasteiger partial charge in [-0.15, -0.1) is 11.8 Å². The van der Waals surface area contributed by atoms with Crippen LogP contribution < -0.4 is 4.74 Å². The van der Waals surface area contributed by atoms with Crippen LogP contribution in [-0.2, 0) is 9.53 Å². The minimum absolute atomic E-state index is 0.114. The SMILES string of the molecule is CCOC(=O)CCC(C)Sc1ccc(-c2cccnc2OC2CCCC2)cc1. The van der Waals surface area contributed by atoms with E-state index >= 15 is 0 Å². The van der Waals surface area contributed by atoms with E-state index in [2.05, 4.69) is 42.2 Å². The Morgan fingerprint density at radius 2 is 1.96 bits per heavy atom. The van der Waals surface area contributed by atoms with E-state index in [4.69, 9.17) is 9.47 Å². The molecule has 1 aromatic carbocycles. The molecule has 1 fully saturated rings. The van der Waals surface area contributed by atoms with Gasteiger partial charge in [0.15, 0.2) is 0 Å². The molecular weight excluding hydrogens is 370 g/mol. The minimum atomic E-state index is -0.114. The molecule has 5 heteroatoms. The first-order chi connectivity index (χ1) is 13.7. The van der Waals surface area contributed by atoms with Crippen molar-refractivity contribution < 1.29 is 14.3 Å². The number of ether oxygens (including phenoxy) is 2. The molecule has 1 aliphatic carbocycles. The molecule has 1 saturated carbocycles. The van der Waals surface area contributed by atoms with E-state index in [-0.39, 0.29) is 5.97 Å². The van der Waals surface area contributed by atoms with Gasteiger partial charge in [0, 0.05) is 28.3 Å². The molecule has 1 atom stereocenters. The first-order valence-electron chi connectivity index (χ1n) is 10.2. The fourth-order valence-corrected chi connectivity index (χ4v) is 4.42. The molecule has 28 heavy (non-hydrogen) atoms. The van der Waals surface area contributed by atoms with Crippen molar-refractivity contribution in [3.8, 4) is 17.0 Å².